The number of carbonyl (C=O) groups is 2. The Labute approximate surface area is 125 Å². The molecule has 0 aromatic rings. The number of nitrogens with zero attached hydrogens (tertiary/aromatic N) is 1. The van der Waals surface area contributed by atoms with Gasteiger partial charge in [0.15, 0.2) is 0 Å². The molecule has 2 aliphatic rings. The van der Waals surface area contributed by atoms with Crippen LogP contribution in [0.2, 0.25) is 0 Å². The van der Waals surface area contributed by atoms with Crippen molar-refractivity contribution in [3.63, 3.8) is 0 Å². The van der Waals surface area contributed by atoms with E-state index >= 15 is 0 Å². The Bertz CT molecular complexity index is 393. The minimum absolute atomic E-state index is 0.0328. The largest absolute Gasteiger partial charge is 0.481 e. The van der Waals surface area contributed by atoms with Crippen molar-refractivity contribution in [3.8, 4) is 0 Å². The van der Waals surface area contributed by atoms with Gasteiger partial charge in [0, 0.05) is 19.1 Å². The third-order valence-electron chi connectivity index (χ3n) is 4.92. The molecule has 1 aliphatic heterocycles. The Kier molecular flexibility index (Phi) is 5.22. The highest BCUT2D eigenvalue weighted by Crippen LogP contribution is 2.38. The van der Waals surface area contributed by atoms with Crippen LogP contribution in [0.15, 0.2) is 0 Å². The fourth-order valence-corrected chi connectivity index (χ4v) is 3.36. The number of amides is 1. The molecule has 2 rings (SSSR count). The lowest BCUT2D eigenvalue weighted by Crippen LogP contribution is -2.52. The van der Waals surface area contributed by atoms with Gasteiger partial charge in [-0.3, -0.25) is 9.59 Å². The smallest absolute Gasteiger partial charge is 0.305 e. The molecule has 1 aliphatic carbocycles. The Morgan fingerprint density at radius 3 is 2.52 bits per heavy atom. The maximum atomic E-state index is 12.7. The molecule has 0 aromatic heterocycles. The van der Waals surface area contributed by atoms with Crippen LogP contribution in [0.3, 0.4) is 0 Å². The lowest BCUT2D eigenvalue weighted by molar-refractivity contribution is -0.144. The molecule has 0 bridgehead atoms. The summed E-state index contributed by atoms with van der Waals surface area (Å²) in [6, 6.07) is -0.0328. The van der Waals surface area contributed by atoms with E-state index in [2.05, 4.69) is 0 Å². The second-order valence-corrected chi connectivity index (χ2v) is 6.42. The van der Waals surface area contributed by atoms with Crippen LogP contribution in [-0.2, 0) is 14.3 Å². The molecule has 120 valence electrons. The number of hydrogen-bond acceptors (Lipinski definition) is 4. The third kappa shape index (κ3) is 3.74. The molecule has 2 unspecified atom stereocenters. The van der Waals surface area contributed by atoms with E-state index in [4.69, 9.17) is 15.6 Å². The van der Waals surface area contributed by atoms with E-state index in [1.807, 2.05) is 11.8 Å². The summed E-state index contributed by atoms with van der Waals surface area (Å²) in [6.45, 7) is 3.59. The summed E-state index contributed by atoms with van der Waals surface area (Å²) in [7, 11) is 0. The number of aliphatic carboxylic acids is 1. The van der Waals surface area contributed by atoms with Crippen LogP contribution in [0.4, 0.5) is 0 Å². The Morgan fingerprint density at radius 2 is 2.00 bits per heavy atom. The van der Waals surface area contributed by atoms with Crippen molar-refractivity contribution in [1.29, 1.82) is 0 Å². The predicted octanol–water partition coefficient (Wildman–Crippen LogP) is 0.986. The molecule has 2 fully saturated rings. The zero-order valence-corrected chi connectivity index (χ0v) is 12.7. The van der Waals surface area contributed by atoms with Crippen molar-refractivity contribution >= 4 is 11.9 Å². The highest BCUT2D eigenvalue weighted by atomic mass is 16.5. The van der Waals surface area contributed by atoms with Crippen LogP contribution >= 0.6 is 0 Å². The zero-order valence-electron chi connectivity index (χ0n) is 12.7. The molecule has 1 heterocycles. The summed E-state index contributed by atoms with van der Waals surface area (Å²) in [4.78, 5) is 25.0. The van der Waals surface area contributed by atoms with Crippen LogP contribution < -0.4 is 5.73 Å². The van der Waals surface area contributed by atoms with Gasteiger partial charge in [-0.05, 0) is 32.6 Å². The first-order valence-electron chi connectivity index (χ1n) is 7.82. The maximum Gasteiger partial charge on any atom is 0.305 e. The second-order valence-electron chi connectivity index (χ2n) is 6.42. The minimum atomic E-state index is -0.842. The molecule has 6 nitrogen and oxygen atoms in total. The highest BCUT2D eigenvalue weighted by molar-refractivity contribution is 5.83. The average Bonchev–Trinajstić information content (AvgIpc) is 2.79. The lowest BCUT2D eigenvalue weighted by atomic mass is 9.83. The summed E-state index contributed by atoms with van der Waals surface area (Å²) >= 11 is 0. The SMILES string of the molecule is CC1(C(=O)N2CCC(OCCC(=O)O)CC2)CCCC1N. The number of carboxylic acids is 1. The van der Waals surface area contributed by atoms with E-state index in [0.29, 0.717) is 13.1 Å². The van der Waals surface area contributed by atoms with E-state index in [0.717, 1.165) is 32.1 Å². The van der Waals surface area contributed by atoms with Gasteiger partial charge in [-0.25, -0.2) is 0 Å². The van der Waals surface area contributed by atoms with Gasteiger partial charge in [-0.2, -0.15) is 0 Å². The molecular weight excluding hydrogens is 272 g/mol. The molecule has 1 saturated heterocycles. The molecule has 0 aromatic carbocycles. The normalized spacial score (nSPS) is 30.6. The number of hydrogen-bond donors (Lipinski definition) is 2. The fourth-order valence-electron chi connectivity index (χ4n) is 3.36. The van der Waals surface area contributed by atoms with Gasteiger partial charge in [-0.15, -0.1) is 0 Å². The van der Waals surface area contributed by atoms with Crippen LogP contribution in [-0.4, -0.2) is 53.7 Å². The molecular formula is C15H26N2O4. The molecule has 0 spiro atoms. The molecule has 21 heavy (non-hydrogen) atoms. The zero-order chi connectivity index (χ0) is 15.5. The van der Waals surface area contributed by atoms with Crippen molar-refractivity contribution in [2.75, 3.05) is 19.7 Å². The average molecular weight is 298 g/mol. The van der Waals surface area contributed by atoms with E-state index in [1.54, 1.807) is 0 Å². The van der Waals surface area contributed by atoms with Crippen molar-refractivity contribution in [1.82, 2.24) is 4.90 Å². The van der Waals surface area contributed by atoms with Gasteiger partial charge in [0.1, 0.15) is 0 Å². The second kappa shape index (κ2) is 6.75. The standard InChI is InChI=1S/C15H26N2O4/c1-15(7-2-3-12(15)16)14(20)17-8-4-11(5-9-17)21-10-6-13(18)19/h11-12H,2-10,16H2,1H3,(H,18,19). The maximum absolute atomic E-state index is 12.7. The van der Waals surface area contributed by atoms with Gasteiger partial charge in [0.05, 0.1) is 24.5 Å². The summed E-state index contributed by atoms with van der Waals surface area (Å²) in [5, 5.41) is 8.59. The Morgan fingerprint density at radius 1 is 1.33 bits per heavy atom. The molecule has 1 amide bonds. The van der Waals surface area contributed by atoms with Gasteiger partial charge < -0.3 is 20.5 Å². The predicted molar refractivity (Wildman–Crippen MR) is 77.7 cm³/mol. The lowest BCUT2D eigenvalue weighted by Gasteiger charge is -2.38. The summed E-state index contributed by atoms with van der Waals surface area (Å²) in [5.74, 6) is -0.665. The first-order valence-corrected chi connectivity index (χ1v) is 7.82. The fraction of sp³-hybridized carbons (Fsp3) is 0.867. The summed E-state index contributed by atoms with van der Waals surface area (Å²) in [5.41, 5.74) is 5.71. The number of piperidine rings is 1. The van der Waals surface area contributed by atoms with Crippen LogP contribution in [0.1, 0.15) is 45.4 Å². The van der Waals surface area contributed by atoms with Gasteiger partial charge in [0.2, 0.25) is 5.91 Å². The van der Waals surface area contributed by atoms with E-state index < -0.39 is 11.4 Å². The van der Waals surface area contributed by atoms with E-state index in [-0.39, 0.29) is 31.1 Å². The molecule has 6 heteroatoms. The first kappa shape index (κ1) is 16.2. The minimum Gasteiger partial charge on any atom is -0.481 e. The molecule has 2 atom stereocenters. The van der Waals surface area contributed by atoms with Crippen molar-refractivity contribution in [2.24, 2.45) is 11.1 Å². The number of nitrogens with two attached hydrogens (primary N) is 1. The monoisotopic (exact) mass is 298 g/mol. The van der Waals surface area contributed by atoms with Crippen molar-refractivity contribution in [2.45, 2.75) is 57.6 Å². The molecule has 1 saturated carbocycles. The van der Waals surface area contributed by atoms with Gasteiger partial charge in [-0.1, -0.05) is 6.42 Å². The topological polar surface area (TPSA) is 92.9 Å². The highest BCUT2D eigenvalue weighted by Gasteiger charge is 2.45. The number of carboxylic acid groups (broad SMARTS) is 1. The number of rotatable bonds is 5. The van der Waals surface area contributed by atoms with Crippen LogP contribution in [0.5, 0.6) is 0 Å². The van der Waals surface area contributed by atoms with E-state index in [9.17, 15) is 9.59 Å². The number of ether oxygens (including phenoxy) is 1. The van der Waals surface area contributed by atoms with Gasteiger partial charge in [0.25, 0.3) is 0 Å². The molecule has 3 N–H and O–H groups in total. The van der Waals surface area contributed by atoms with Crippen molar-refractivity contribution in [3.05, 3.63) is 0 Å². The summed E-state index contributed by atoms with van der Waals surface area (Å²) in [6.07, 6.45) is 4.48. The van der Waals surface area contributed by atoms with Crippen LogP contribution in [0, 0.1) is 5.41 Å². The van der Waals surface area contributed by atoms with Crippen LogP contribution in [0.25, 0.3) is 0 Å². The van der Waals surface area contributed by atoms with E-state index in [1.165, 1.54) is 0 Å². The number of carbonyl (C=O) groups excluding carboxylic acids is 1. The Hall–Kier alpha value is -1.14. The van der Waals surface area contributed by atoms with Crippen molar-refractivity contribution < 1.29 is 19.4 Å². The summed E-state index contributed by atoms with van der Waals surface area (Å²) < 4.78 is 5.55. The first-order chi connectivity index (χ1) is 9.93. The Balaban J connectivity index is 1.78. The molecule has 0 radical (unpaired) electrons. The third-order valence-corrected chi connectivity index (χ3v) is 4.92. The quantitative estimate of drug-likeness (QED) is 0.789. The van der Waals surface area contributed by atoms with Gasteiger partial charge >= 0.3 is 5.97 Å². The number of likely N-dealkylation sites (tertiary alicyclic amines) is 1.